The molecule has 0 spiro atoms. The zero-order chi connectivity index (χ0) is 17.1. The lowest BCUT2D eigenvalue weighted by atomic mass is 10.2. The summed E-state index contributed by atoms with van der Waals surface area (Å²) in [4.78, 5) is 19.1. The van der Waals surface area contributed by atoms with Crippen molar-refractivity contribution in [3.05, 3.63) is 62.4 Å². The van der Waals surface area contributed by atoms with E-state index in [2.05, 4.69) is 14.8 Å². The van der Waals surface area contributed by atoms with Gasteiger partial charge in [-0.05, 0) is 23.8 Å². The summed E-state index contributed by atoms with van der Waals surface area (Å²) < 4.78 is 0. The Balaban J connectivity index is 1.65. The average molecular weight is 367 g/mol. The number of benzene rings is 1. The number of halogens is 2. The van der Waals surface area contributed by atoms with Crippen molar-refractivity contribution in [2.24, 2.45) is 0 Å². The number of para-hydroxylation sites is 2. The van der Waals surface area contributed by atoms with Gasteiger partial charge >= 0.3 is 0 Å². The van der Waals surface area contributed by atoms with Crippen LogP contribution in [0.4, 0.5) is 11.4 Å². The summed E-state index contributed by atoms with van der Waals surface area (Å²) >= 11 is 11.9. The quantitative estimate of drug-likeness (QED) is 0.469. The Morgan fingerprint density at radius 3 is 2.33 bits per heavy atom. The second-order valence-corrected chi connectivity index (χ2v) is 6.40. The third-order valence-electron chi connectivity index (χ3n) is 4.02. The van der Waals surface area contributed by atoms with Crippen LogP contribution >= 0.6 is 23.2 Å². The van der Waals surface area contributed by atoms with E-state index >= 15 is 0 Å². The van der Waals surface area contributed by atoms with E-state index in [1.807, 2.05) is 18.2 Å². The van der Waals surface area contributed by atoms with E-state index in [4.69, 9.17) is 23.2 Å². The Bertz CT molecular complexity index is 728. The van der Waals surface area contributed by atoms with Crippen molar-refractivity contribution in [3.8, 4) is 0 Å². The van der Waals surface area contributed by atoms with Crippen LogP contribution in [0, 0.1) is 10.1 Å². The molecule has 0 unspecified atom stereocenters. The van der Waals surface area contributed by atoms with Gasteiger partial charge in [0.25, 0.3) is 5.69 Å². The third-order valence-corrected chi connectivity index (χ3v) is 4.41. The monoisotopic (exact) mass is 366 g/mol. The number of hydrogen-bond acceptors (Lipinski definition) is 5. The number of anilines is 1. The summed E-state index contributed by atoms with van der Waals surface area (Å²) in [6, 6.07) is 10.5. The van der Waals surface area contributed by atoms with Gasteiger partial charge in [-0.1, -0.05) is 35.3 Å². The highest BCUT2D eigenvalue weighted by atomic mass is 35.5. The fraction of sp³-hybridized carbons (Fsp3) is 0.312. The molecule has 0 atom stereocenters. The Labute approximate surface area is 149 Å². The molecule has 2 heterocycles. The smallest absolute Gasteiger partial charge is 0.292 e. The molecule has 1 saturated heterocycles. The number of nitro groups is 1. The zero-order valence-corrected chi connectivity index (χ0v) is 14.4. The average Bonchev–Trinajstić information content (AvgIpc) is 2.54. The van der Waals surface area contributed by atoms with Crippen LogP contribution in [0.15, 0.2) is 36.4 Å². The summed E-state index contributed by atoms with van der Waals surface area (Å²) in [7, 11) is 0. The van der Waals surface area contributed by atoms with Gasteiger partial charge in [-0.15, -0.1) is 0 Å². The summed E-state index contributed by atoms with van der Waals surface area (Å²) in [5.41, 5.74) is 1.84. The standard InChI is InChI=1S/C16H16Cl2N4O2/c17-15-9-12(10-16(18)19-15)11-20-5-7-21(8-6-20)13-3-1-2-4-14(13)22(23)24/h1-4,9-10H,5-8,11H2. The van der Waals surface area contributed by atoms with Crippen molar-refractivity contribution in [3.63, 3.8) is 0 Å². The lowest BCUT2D eigenvalue weighted by Crippen LogP contribution is -2.46. The highest BCUT2D eigenvalue weighted by Gasteiger charge is 2.23. The molecule has 24 heavy (non-hydrogen) atoms. The van der Waals surface area contributed by atoms with Gasteiger partial charge in [-0.3, -0.25) is 15.0 Å². The summed E-state index contributed by atoms with van der Waals surface area (Å²) in [6.45, 7) is 3.81. The van der Waals surface area contributed by atoms with E-state index in [9.17, 15) is 10.1 Å². The van der Waals surface area contributed by atoms with Crippen LogP contribution in [0.2, 0.25) is 10.3 Å². The molecule has 3 rings (SSSR count). The molecule has 126 valence electrons. The number of aromatic nitrogens is 1. The molecule has 2 aromatic rings. The lowest BCUT2D eigenvalue weighted by Gasteiger charge is -2.35. The van der Waals surface area contributed by atoms with Gasteiger partial charge in [0.15, 0.2) is 0 Å². The van der Waals surface area contributed by atoms with E-state index in [0.717, 1.165) is 38.3 Å². The van der Waals surface area contributed by atoms with Crippen LogP contribution in [-0.4, -0.2) is 41.0 Å². The third kappa shape index (κ3) is 3.95. The predicted molar refractivity (Wildman–Crippen MR) is 94.8 cm³/mol. The van der Waals surface area contributed by atoms with E-state index < -0.39 is 0 Å². The number of piperazine rings is 1. The van der Waals surface area contributed by atoms with E-state index in [0.29, 0.717) is 16.0 Å². The number of pyridine rings is 1. The molecular formula is C16H16Cl2N4O2. The molecule has 1 aliphatic rings. The number of nitrogens with zero attached hydrogens (tertiary/aromatic N) is 4. The molecule has 0 aliphatic carbocycles. The van der Waals surface area contributed by atoms with E-state index in [1.165, 1.54) is 0 Å². The largest absolute Gasteiger partial charge is 0.363 e. The van der Waals surface area contributed by atoms with Gasteiger partial charge in [0.05, 0.1) is 4.92 Å². The normalized spacial score (nSPS) is 15.5. The van der Waals surface area contributed by atoms with Crippen molar-refractivity contribution >= 4 is 34.6 Å². The fourth-order valence-corrected chi connectivity index (χ4v) is 3.40. The van der Waals surface area contributed by atoms with Gasteiger partial charge < -0.3 is 4.90 Å². The molecule has 1 aromatic heterocycles. The van der Waals surface area contributed by atoms with Crippen molar-refractivity contribution in [2.45, 2.75) is 6.54 Å². The maximum Gasteiger partial charge on any atom is 0.292 e. The van der Waals surface area contributed by atoms with Gasteiger partial charge in [0, 0.05) is 38.8 Å². The molecule has 1 fully saturated rings. The molecule has 0 N–H and O–H groups in total. The molecule has 8 heteroatoms. The first-order chi connectivity index (χ1) is 11.5. The Hall–Kier alpha value is -1.89. The maximum atomic E-state index is 11.2. The Morgan fingerprint density at radius 2 is 1.71 bits per heavy atom. The number of rotatable bonds is 4. The highest BCUT2D eigenvalue weighted by molar-refractivity contribution is 6.32. The number of hydrogen-bond donors (Lipinski definition) is 0. The van der Waals surface area contributed by atoms with Crippen LogP contribution in [0.3, 0.4) is 0 Å². The molecule has 6 nitrogen and oxygen atoms in total. The van der Waals surface area contributed by atoms with Crippen molar-refractivity contribution < 1.29 is 4.92 Å². The lowest BCUT2D eigenvalue weighted by molar-refractivity contribution is -0.384. The summed E-state index contributed by atoms with van der Waals surface area (Å²) in [5, 5.41) is 11.9. The highest BCUT2D eigenvalue weighted by Crippen LogP contribution is 2.28. The minimum Gasteiger partial charge on any atom is -0.363 e. The maximum absolute atomic E-state index is 11.2. The van der Waals surface area contributed by atoms with Crippen molar-refractivity contribution in [2.75, 3.05) is 31.1 Å². The summed E-state index contributed by atoms with van der Waals surface area (Å²) in [5.74, 6) is 0. The Kier molecular flexibility index (Phi) is 5.18. The predicted octanol–water partition coefficient (Wildman–Crippen LogP) is 3.62. The molecule has 0 radical (unpaired) electrons. The molecule has 0 amide bonds. The Morgan fingerprint density at radius 1 is 1.08 bits per heavy atom. The zero-order valence-electron chi connectivity index (χ0n) is 12.9. The first kappa shape index (κ1) is 17.0. The minimum atomic E-state index is -0.331. The van der Waals surface area contributed by atoms with Gasteiger partial charge in [0.1, 0.15) is 16.0 Å². The second-order valence-electron chi connectivity index (χ2n) is 5.63. The molecule has 0 saturated carbocycles. The molecular weight excluding hydrogens is 351 g/mol. The first-order valence-corrected chi connectivity index (χ1v) is 8.31. The summed E-state index contributed by atoms with van der Waals surface area (Å²) in [6.07, 6.45) is 0. The second kappa shape index (κ2) is 7.34. The fourth-order valence-electron chi connectivity index (χ4n) is 2.90. The first-order valence-electron chi connectivity index (χ1n) is 7.55. The van der Waals surface area contributed by atoms with Crippen molar-refractivity contribution in [1.29, 1.82) is 0 Å². The van der Waals surface area contributed by atoms with Crippen molar-refractivity contribution in [1.82, 2.24) is 9.88 Å². The van der Waals surface area contributed by atoms with Crippen LogP contribution < -0.4 is 4.90 Å². The topological polar surface area (TPSA) is 62.5 Å². The SMILES string of the molecule is O=[N+]([O-])c1ccccc1N1CCN(Cc2cc(Cl)nc(Cl)c2)CC1. The van der Waals surface area contributed by atoms with E-state index in [1.54, 1.807) is 18.2 Å². The van der Waals surface area contributed by atoms with Gasteiger partial charge in [0.2, 0.25) is 0 Å². The van der Waals surface area contributed by atoms with Crippen LogP contribution in [-0.2, 0) is 6.54 Å². The van der Waals surface area contributed by atoms with Crippen LogP contribution in [0.25, 0.3) is 0 Å². The minimum absolute atomic E-state index is 0.152. The van der Waals surface area contributed by atoms with Crippen LogP contribution in [0.5, 0.6) is 0 Å². The molecule has 1 aromatic carbocycles. The van der Waals surface area contributed by atoms with E-state index in [-0.39, 0.29) is 10.6 Å². The number of nitro benzene ring substituents is 1. The molecule has 0 bridgehead atoms. The van der Waals surface area contributed by atoms with Crippen LogP contribution in [0.1, 0.15) is 5.56 Å². The van der Waals surface area contributed by atoms with Gasteiger partial charge in [-0.2, -0.15) is 0 Å². The molecule has 1 aliphatic heterocycles. The van der Waals surface area contributed by atoms with Gasteiger partial charge in [-0.25, -0.2) is 4.98 Å².